The zero-order valence-corrected chi connectivity index (χ0v) is 10.7. The quantitative estimate of drug-likeness (QED) is 0.505. The molecule has 7 nitrogen and oxygen atoms in total. The molecular formula is C13H12N4O3. The van der Waals surface area contributed by atoms with Gasteiger partial charge in [0.2, 0.25) is 0 Å². The fourth-order valence-electron chi connectivity index (χ4n) is 1.64. The first-order valence-electron chi connectivity index (χ1n) is 5.76. The molecule has 0 fully saturated rings. The van der Waals surface area contributed by atoms with E-state index in [4.69, 9.17) is 5.73 Å². The maximum Gasteiger partial charge on any atom is 0.292 e. The number of anilines is 2. The van der Waals surface area contributed by atoms with E-state index in [0.29, 0.717) is 5.82 Å². The predicted molar refractivity (Wildman–Crippen MR) is 74.4 cm³/mol. The van der Waals surface area contributed by atoms with Gasteiger partial charge in [-0.05, 0) is 30.7 Å². The van der Waals surface area contributed by atoms with Gasteiger partial charge in [0.05, 0.1) is 4.92 Å². The Morgan fingerprint density at radius 1 is 1.40 bits per heavy atom. The summed E-state index contributed by atoms with van der Waals surface area (Å²) in [5.74, 6) is -0.0631. The number of hydrogen-bond acceptors (Lipinski definition) is 5. The molecule has 0 radical (unpaired) electrons. The number of nitrogens with two attached hydrogens (primary N) is 1. The number of nitrogens with zero attached hydrogens (tertiary/aromatic N) is 2. The lowest BCUT2D eigenvalue weighted by molar-refractivity contribution is -0.383. The highest BCUT2D eigenvalue weighted by Crippen LogP contribution is 2.23. The number of pyridine rings is 1. The molecule has 0 aliphatic heterocycles. The number of aromatic nitrogens is 1. The third-order valence-electron chi connectivity index (χ3n) is 2.73. The average molecular weight is 272 g/mol. The number of nitrogens with one attached hydrogen (secondary N) is 1. The maximum absolute atomic E-state index is 12.0. The molecule has 2 aromatic rings. The van der Waals surface area contributed by atoms with E-state index in [1.54, 1.807) is 25.3 Å². The Bertz CT molecular complexity index is 685. The van der Waals surface area contributed by atoms with E-state index in [-0.39, 0.29) is 16.9 Å². The minimum atomic E-state index is -0.627. The van der Waals surface area contributed by atoms with Crippen molar-refractivity contribution in [3.63, 3.8) is 0 Å². The van der Waals surface area contributed by atoms with Crippen LogP contribution in [0.5, 0.6) is 0 Å². The first kappa shape index (κ1) is 13.5. The Labute approximate surface area is 114 Å². The SMILES string of the molecule is Cc1cccnc1NC(=O)c1ccc(N)c([N+](=O)[O-])c1. The van der Waals surface area contributed by atoms with Gasteiger partial charge in [0.25, 0.3) is 11.6 Å². The molecule has 0 aliphatic rings. The van der Waals surface area contributed by atoms with E-state index in [1.807, 2.05) is 0 Å². The van der Waals surface area contributed by atoms with Crippen LogP contribution in [-0.4, -0.2) is 15.8 Å². The van der Waals surface area contributed by atoms with Crippen LogP contribution in [-0.2, 0) is 0 Å². The molecule has 0 bridgehead atoms. The van der Waals surface area contributed by atoms with E-state index in [2.05, 4.69) is 10.3 Å². The summed E-state index contributed by atoms with van der Waals surface area (Å²) in [4.78, 5) is 26.2. The van der Waals surface area contributed by atoms with Gasteiger partial charge in [-0.25, -0.2) is 4.98 Å². The molecule has 0 saturated carbocycles. The van der Waals surface area contributed by atoms with Crippen molar-refractivity contribution in [3.8, 4) is 0 Å². The third kappa shape index (κ3) is 2.72. The molecule has 3 N–H and O–H groups in total. The summed E-state index contributed by atoms with van der Waals surface area (Å²) < 4.78 is 0. The zero-order chi connectivity index (χ0) is 14.7. The lowest BCUT2D eigenvalue weighted by Gasteiger charge is -2.07. The first-order valence-corrected chi connectivity index (χ1v) is 5.76. The van der Waals surface area contributed by atoms with Gasteiger partial charge in [-0.2, -0.15) is 0 Å². The largest absolute Gasteiger partial charge is 0.393 e. The Morgan fingerprint density at radius 3 is 2.80 bits per heavy atom. The third-order valence-corrected chi connectivity index (χ3v) is 2.73. The van der Waals surface area contributed by atoms with Crippen LogP contribution in [0, 0.1) is 17.0 Å². The van der Waals surface area contributed by atoms with E-state index in [1.165, 1.54) is 12.1 Å². The second kappa shape index (κ2) is 5.35. The topological polar surface area (TPSA) is 111 Å². The number of nitrogen functional groups attached to an aromatic ring is 1. The zero-order valence-electron chi connectivity index (χ0n) is 10.7. The number of nitro benzene ring substituents is 1. The average Bonchev–Trinajstić information content (AvgIpc) is 2.41. The number of carbonyl (C=O) groups is 1. The molecule has 1 aromatic carbocycles. The fourth-order valence-corrected chi connectivity index (χ4v) is 1.64. The highest BCUT2D eigenvalue weighted by molar-refractivity contribution is 6.04. The Kier molecular flexibility index (Phi) is 3.60. The molecule has 1 amide bonds. The van der Waals surface area contributed by atoms with E-state index < -0.39 is 10.8 Å². The summed E-state index contributed by atoms with van der Waals surface area (Å²) in [5.41, 5.74) is 6.15. The summed E-state index contributed by atoms with van der Waals surface area (Å²) in [7, 11) is 0. The summed E-state index contributed by atoms with van der Waals surface area (Å²) >= 11 is 0. The molecule has 1 aromatic heterocycles. The van der Waals surface area contributed by atoms with Crippen molar-refractivity contribution in [3.05, 3.63) is 57.8 Å². The number of nitro groups is 1. The molecule has 1 heterocycles. The van der Waals surface area contributed by atoms with Gasteiger partial charge in [0.15, 0.2) is 0 Å². The molecule has 0 saturated heterocycles. The van der Waals surface area contributed by atoms with Crippen LogP contribution < -0.4 is 11.1 Å². The number of amides is 1. The van der Waals surface area contributed by atoms with Crippen LogP contribution >= 0.6 is 0 Å². The van der Waals surface area contributed by atoms with Gasteiger partial charge in [-0.3, -0.25) is 14.9 Å². The molecular weight excluding hydrogens is 260 g/mol. The second-order valence-electron chi connectivity index (χ2n) is 4.15. The molecule has 20 heavy (non-hydrogen) atoms. The molecule has 2 rings (SSSR count). The lowest BCUT2D eigenvalue weighted by atomic mass is 10.1. The van der Waals surface area contributed by atoms with Crippen molar-refractivity contribution in [1.29, 1.82) is 0 Å². The minimum absolute atomic E-state index is 0.0144. The minimum Gasteiger partial charge on any atom is -0.393 e. The van der Waals surface area contributed by atoms with Gasteiger partial charge in [0, 0.05) is 17.8 Å². The van der Waals surface area contributed by atoms with Crippen LogP contribution in [0.4, 0.5) is 17.2 Å². The maximum atomic E-state index is 12.0. The summed E-state index contributed by atoms with van der Waals surface area (Å²) in [6.07, 6.45) is 1.55. The summed E-state index contributed by atoms with van der Waals surface area (Å²) in [6, 6.07) is 7.45. The number of benzene rings is 1. The van der Waals surface area contributed by atoms with Crippen molar-refractivity contribution in [1.82, 2.24) is 4.98 Å². The summed E-state index contributed by atoms with van der Waals surface area (Å²) in [6.45, 7) is 1.80. The van der Waals surface area contributed by atoms with Gasteiger partial charge in [-0.15, -0.1) is 0 Å². The van der Waals surface area contributed by atoms with Gasteiger partial charge >= 0.3 is 0 Å². The van der Waals surface area contributed by atoms with Crippen molar-refractivity contribution < 1.29 is 9.72 Å². The van der Waals surface area contributed by atoms with Gasteiger partial charge < -0.3 is 11.1 Å². The smallest absolute Gasteiger partial charge is 0.292 e. The van der Waals surface area contributed by atoms with E-state index in [9.17, 15) is 14.9 Å². The van der Waals surface area contributed by atoms with E-state index >= 15 is 0 Å². The standard InChI is InChI=1S/C13H12N4O3/c1-8-3-2-6-15-12(8)16-13(18)9-4-5-10(14)11(7-9)17(19)20/h2-7H,14H2,1H3,(H,15,16,18). The van der Waals surface area contributed by atoms with Crippen LogP contribution in [0.1, 0.15) is 15.9 Å². The second-order valence-corrected chi connectivity index (χ2v) is 4.15. The van der Waals surface area contributed by atoms with Crippen LogP contribution in [0.2, 0.25) is 0 Å². The Hall–Kier alpha value is -2.96. The van der Waals surface area contributed by atoms with Gasteiger partial charge in [0.1, 0.15) is 11.5 Å². The van der Waals surface area contributed by atoms with Crippen LogP contribution in [0.25, 0.3) is 0 Å². The van der Waals surface area contributed by atoms with Crippen LogP contribution in [0.3, 0.4) is 0 Å². The van der Waals surface area contributed by atoms with E-state index in [0.717, 1.165) is 11.6 Å². The van der Waals surface area contributed by atoms with Crippen molar-refractivity contribution in [2.45, 2.75) is 6.92 Å². The number of rotatable bonds is 3. The van der Waals surface area contributed by atoms with Crippen LogP contribution in [0.15, 0.2) is 36.5 Å². The number of hydrogen-bond donors (Lipinski definition) is 2. The lowest BCUT2D eigenvalue weighted by Crippen LogP contribution is -2.14. The molecule has 0 aliphatic carbocycles. The predicted octanol–water partition coefficient (Wildman–Crippen LogP) is 2.13. The highest BCUT2D eigenvalue weighted by Gasteiger charge is 2.16. The molecule has 0 spiro atoms. The normalized spacial score (nSPS) is 10.1. The van der Waals surface area contributed by atoms with Crippen molar-refractivity contribution in [2.24, 2.45) is 0 Å². The molecule has 102 valence electrons. The van der Waals surface area contributed by atoms with Crippen molar-refractivity contribution in [2.75, 3.05) is 11.1 Å². The highest BCUT2D eigenvalue weighted by atomic mass is 16.6. The molecule has 7 heteroatoms. The van der Waals surface area contributed by atoms with Crippen molar-refractivity contribution >= 4 is 23.1 Å². The molecule has 0 atom stereocenters. The Morgan fingerprint density at radius 2 is 2.15 bits per heavy atom. The fraction of sp³-hybridized carbons (Fsp3) is 0.0769. The number of aryl methyl sites for hydroxylation is 1. The Balaban J connectivity index is 2.28. The summed E-state index contributed by atoms with van der Waals surface area (Å²) in [5, 5.41) is 13.4. The first-order chi connectivity index (χ1) is 9.49. The number of carbonyl (C=O) groups excluding carboxylic acids is 1. The monoisotopic (exact) mass is 272 g/mol. The molecule has 0 unspecified atom stereocenters. The van der Waals surface area contributed by atoms with Gasteiger partial charge in [-0.1, -0.05) is 6.07 Å².